The summed E-state index contributed by atoms with van der Waals surface area (Å²) in [5.41, 5.74) is 5.98. The van der Waals surface area contributed by atoms with Crippen LogP contribution in [-0.4, -0.2) is 11.7 Å². The van der Waals surface area contributed by atoms with E-state index in [0.29, 0.717) is 12.8 Å². The minimum absolute atomic E-state index is 0. The van der Waals surface area contributed by atoms with Gasteiger partial charge in [-0.15, -0.1) is 12.4 Å². The molecule has 0 bridgehead atoms. The predicted octanol–water partition coefficient (Wildman–Crippen LogP) is 3.33. The third kappa shape index (κ3) is 3.75. The molecule has 0 aromatic heterocycles. The van der Waals surface area contributed by atoms with Gasteiger partial charge >= 0.3 is 0 Å². The highest BCUT2D eigenvalue weighted by atomic mass is 35.5. The number of hydrogen-bond donors (Lipinski definition) is 2. The maximum absolute atomic E-state index is 13.6. The summed E-state index contributed by atoms with van der Waals surface area (Å²) in [6.07, 6.45) is 0.969. The van der Waals surface area contributed by atoms with Crippen LogP contribution < -0.4 is 5.73 Å². The highest BCUT2D eigenvalue weighted by Crippen LogP contribution is 2.31. The number of nitrogens with two attached hydrogens (primary N) is 1. The lowest BCUT2D eigenvalue weighted by molar-refractivity contribution is 0.279. The van der Waals surface area contributed by atoms with Gasteiger partial charge in [0.15, 0.2) is 0 Å². The third-order valence-electron chi connectivity index (χ3n) is 2.12. The van der Waals surface area contributed by atoms with Gasteiger partial charge < -0.3 is 10.8 Å². The maximum Gasteiger partial charge on any atom is 0.148 e. The average Bonchev–Trinajstić information content (AvgIpc) is 2.21. The lowest BCUT2D eigenvalue weighted by Gasteiger charge is -2.14. The summed E-state index contributed by atoms with van der Waals surface area (Å²) in [5, 5.41) is 8.92. The average molecular weight is 289 g/mol. The van der Waals surface area contributed by atoms with E-state index in [1.165, 1.54) is 12.1 Å². The Balaban J connectivity index is 0.00000225. The summed E-state index contributed by atoms with van der Waals surface area (Å²) < 4.78 is 13.6. The molecular formula is C10H13Cl3FNO. The number of aliphatic hydroxyl groups is 1. The minimum atomic E-state index is -0.574. The van der Waals surface area contributed by atoms with Crippen LogP contribution in [0.15, 0.2) is 12.1 Å². The monoisotopic (exact) mass is 287 g/mol. The molecule has 0 saturated heterocycles. The SMILES string of the molecule is Cl.N[C@H](CCCO)c1c(Cl)ccc(Cl)c1F. The lowest BCUT2D eigenvalue weighted by Crippen LogP contribution is -2.13. The fourth-order valence-electron chi connectivity index (χ4n) is 1.34. The zero-order chi connectivity index (χ0) is 11.4. The molecule has 0 saturated carbocycles. The summed E-state index contributed by atoms with van der Waals surface area (Å²) in [5.74, 6) is -0.574. The van der Waals surface area contributed by atoms with Crippen molar-refractivity contribution in [2.75, 3.05) is 6.61 Å². The number of rotatable bonds is 4. The third-order valence-corrected chi connectivity index (χ3v) is 2.74. The molecule has 0 aliphatic carbocycles. The highest BCUT2D eigenvalue weighted by molar-refractivity contribution is 6.33. The first-order chi connectivity index (χ1) is 7.07. The second kappa shape index (κ2) is 7.30. The van der Waals surface area contributed by atoms with Crippen LogP contribution >= 0.6 is 35.6 Å². The molecule has 3 N–H and O–H groups in total. The van der Waals surface area contributed by atoms with E-state index >= 15 is 0 Å². The molecule has 0 fully saturated rings. The normalized spacial score (nSPS) is 12.1. The maximum atomic E-state index is 13.6. The Morgan fingerprint density at radius 2 is 1.88 bits per heavy atom. The van der Waals surface area contributed by atoms with Gasteiger partial charge in [-0.1, -0.05) is 23.2 Å². The van der Waals surface area contributed by atoms with Crippen molar-refractivity contribution in [3.63, 3.8) is 0 Å². The molecule has 1 aromatic carbocycles. The molecule has 1 rings (SSSR count). The van der Waals surface area contributed by atoms with E-state index in [1.807, 2.05) is 0 Å². The first-order valence-electron chi connectivity index (χ1n) is 4.57. The van der Waals surface area contributed by atoms with Crippen LogP contribution in [0.2, 0.25) is 10.0 Å². The molecule has 0 heterocycles. The van der Waals surface area contributed by atoms with E-state index in [0.717, 1.165) is 0 Å². The first-order valence-corrected chi connectivity index (χ1v) is 5.33. The topological polar surface area (TPSA) is 46.2 Å². The second-order valence-corrected chi connectivity index (χ2v) is 4.04. The van der Waals surface area contributed by atoms with Crippen molar-refractivity contribution in [1.29, 1.82) is 0 Å². The molecule has 0 aliphatic heterocycles. The standard InChI is InChI=1S/C10H12Cl2FNO.ClH/c11-6-3-4-7(12)10(13)9(6)8(14)2-1-5-15;/h3-4,8,15H,1-2,5,14H2;1H/t8-;/m1./s1. The van der Waals surface area contributed by atoms with Crippen LogP contribution in [-0.2, 0) is 0 Å². The van der Waals surface area contributed by atoms with Crippen LogP contribution in [0, 0.1) is 5.82 Å². The van der Waals surface area contributed by atoms with E-state index in [9.17, 15) is 4.39 Å². The van der Waals surface area contributed by atoms with Gasteiger partial charge in [0.25, 0.3) is 0 Å². The fraction of sp³-hybridized carbons (Fsp3) is 0.400. The Kier molecular flexibility index (Phi) is 7.27. The van der Waals surface area contributed by atoms with Crippen molar-refractivity contribution in [2.45, 2.75) is 18.9 Å². The molecule has 0 amide bonds. The van der Waals surface area contributed by atoms with Crippen LogP contribution in [0.3, 0.4) is 0 Å². The molecule has 0 spiro atoms. The Morgan fingerprint density at radius 1 is 1.31 bits per heavy atom. The Morgan fingerprint density at radius 3 is 2.44 bits per heavy atom. The largest absolute Gasteiger partial charge is 0.396 e. The van der Waals surface area contributed by atoms with Crippen molar-refractivity contribution in [1.82, 2.24) is 0 Å². The smallest absolute Gasteiger partial charge is 0.148 e. The summed E-state index contributed by atoms with van der Waals surface area (Å²) in [6.45, 7) is 0.0213. The summed E-state index contributed by atoms with van der Waals surface area (Å²) in [4.78, 5) is 0. The van der Waals surface area contributed by atoms with Gasteiger partial charge in [0, 0.05) is 23.2 Å². The molecule has 0 aliphatic rings. The zero-order valence-corrected chi connectivity index (χ0v) is 10.7. The van der Waals surface area contributed by atoms with Crippen molar-refractivity contribution >= 4 is 35.6 Å². The van der Waals surface area contributed by atoms with Gasteiger partial charge in [0.05, 0.1) is 5.02 Å². The molecule has 0 radical (unpaired) electrons. The van der Waals surface area contributed by atoms with E-state index in [1.54, 1.807) is 0 Å². The quantitative estimate of drug-likeness (QED) is 0.835. The van der Waals surface area contributed by atoms with Crippen molar-refractivity contribution in [2.24, 2.45) is 5.73 Å². The molecule has 16 heavy (non-hydrogen) atoms. The minimum Gasteiger partial charge on any atom is -0.396 e. The van der Waals surface area contributed by atoms with Gasteiger partial charge in [-0.05, 0) is 25.0 Å². The van der Waals surface area contributed by atoms with Gasteiger partial charge in [-0.3, -0.25) is 0 Å². The molecule has 1 atom stereocenters. The van der Waals surface area contributed by atoms with E-state index < -0.39 is 11.9 Å². The lowest BCUT2D eigenvalue weighted by atomic mass is 10.0. The van der Waals surface area contributed by atoms with E-state index in [4.69, 9.17) is 34.0 Å². The van der Waals surface area contributed by atoms with Crippen molar-refractivity contribution in [3.8, 4) is 0 Å². The molecule has 2 nitrogen and oxygen atoms in total. The zero-order valence-electron chi connectivity index (χ0n) is 8.42. The van der Waals surface area contributed by atoms with Crippen LogP contribution in [0.5, 0.6) is 0 Å². The molecule has 1 aromatic rings. The van der Waals surface area contributed by atoms with Gasteiger partial charge in [0.2, 0.25) is 0 Å². The predicted molar refractivity (Wildman–Crippen MR) is 66.9 cm³/mol. The summed E-state index contributed by atoms with van der Waals surface area (Å²) >= 11 is 11.5. The summed E-state index contributed by atoms with van der Waals surface area (Å²) in [7, 11) is 0. The van der Waals surface area contributed by atoms with Gasteiger partial charge in [0.1, 0.15) is 5.82 Å². The van der Waals surface area contributed by atoms with Crippen molar-refractivity contribution < 1.29 is 9.50 Å². The van der Waals surface area contributed by atoms with Crippen LogP contribution in [0.4, 0.5) is 4.39 Å². The molecule has 0 unspecified atom stereocenters. The van der Waals surface area contributed by atoms with Crippen LogP contribution in [0.1, 0.15) is 24.4 Å². The number of halogens is 4. The first kappa shape index (κ1) is 15.9. The van der Waals surface area contributed by atoms with Crippen molar-refractivity contribution in [3.05, 3.63) is 33.6 Å². The van der Waals surface area contributed by atoms with E-state index in [2.05, 4.69) is 0 Å². The Bertz CT molecular complexity index is 349. The van der Waals surface area contributed by atoms with Gasteiger partial charge in [-0.25, -0.2) is 4.39 Å². The Labute approximate surface area is 110 Å². The number of hydrogen-bond acceptors (Lipinski definition) is 2. The van der Waals surface area contributed by atoms with E-state index in [-0.39, 0.29) is 34.6 Å². The fourth-order valence-corrected chi connectivity index (χ4v) is 1.79. The number of benzene rings is 1. The molecule has 92 valence electrons. The second-order valence-electron chi connectivity index (χ2n) is 3.23. The Hall–Kier alpha value is -0.0600. The van der Waals surface area contributed by atoms with Gasteiger partial charge in [-0.2, -0.15) is 0 Å². The number of aliphatic hydroxyl groups excluding tert-OH is 1. The highest BCUT2D eigenvalue weighted by Gasteiger charge is 2.17. The van der Waals surface area contributed by atoms with Crippen LogP contribution in [0.25, 0.3) is 0 Å². The molecular weight excluding hydrogens is 275 g/mol. The molecule has 6 heteroatoms. The summed E-state index contributed by atoms with van der Waals surface area (Å²) in [6, 6.07) is 2.37.